The maximum atomic E-state index is 12.1. The van der Waals surface area contributed by atoms with Crippen molar-refractivity contribution in [2.45, 2.75) is 18.1 Å². The number of benzene rings is 1. The molecular formula is C15H17ClN2O3S2. The number of rotatable bonds is 6. The lowest BCUT2D eigenvalue weighted by atomic mass is 10.2. The van der Waals surface area contributed by atoms with E-state index < -0.39 is 10.0 Å². The molecule has 0 unspecified atom stereocenters. The molecule has 1 aromatic carbocycles. The third kappa shape index (κ3) is 4.54. The molecule has 1 N–H and O–H groups in total. The minimum Gasteiger partial charge on any atom is -0.311 e. The first-order chi connectivity index (χ1) is 10.8. The summed E-state index contributed by atoms with van der Waals surface area (Å²) in [6, 6.07) is 8.49. The SMILES string of the molecule is CC(=O)N(CCNS(=O)(=O)c1cccs1)c1cc(Cl)ccc1C. The summed E-state index contributed by atoms with van der Waals surface area (Å²) in [5.74, 6) is -0.175. The molecule has 23 heavy (non-hydrogen) atoms. The van der Waals surface area contributed by atoms with E-state index in [1.54, 1.807) is 23.6 Å². The zero-order valence-electron chi connectivity index (χ0n) is 12.7. The Hall–Kier alpha value is -1.41. The number of carbonyl (C=O) groups is 1. The number of hydrogen-bond donors (Lipinski definition) is 1. The average Bonchev–Trinajstić information content (AvgIpc) is 3.01. The minimum atomic E-state index is -3.53. The van der Waals surface area contributed by atoms with Crippen LogP contribution in [0.4, 0.5) is 5.69 Å². The predicted octanol–water partition coefficient (Wildman–Crippen LogP) is 3.04. The van der Waals surface area contributed by atoms with Crippen LogP contribution < -0.4 is 9.62 Å². The van der Waals surface area contributed by atoms with Crippen LogP contribution in [-0.2, 0) is 14.8 Å². The number of thiophene rings is 1. The predicted molar refractivity (Wildman–Crippen MR) is 93.7 cm³/mol. The van der Waals surface area contributed by atoms with E-state index in [1.165, 1.54) is 17.9 Å². The number of carbonyl (C=O) groups excluding carboxylic acids is 1. The number of amides is 1. The summed E-state index contributed by atoms with van der Waals surface area (Å²) in [6.07, 6.45) is 0. The molecule has 5 nitrogen and oxygen atoms in total. The van der Waals surface area contributed by atoms with Crippen LogP contribution >= 0.6 is 22.9 Å². The van der Waals surface area contributed by atoms with Crippen molar-refractivity contribution in [1.82, 2.24) is 4.72 Å². The van der Waals surface area contributed by atoms with Crippen molar-refractivity contribution in [1.29, 1.82) is 0 Å². The van der Waals surface area contributed by atoms with Crippen LogP contribution in [-0.4, -0.2) is 27.4 Å². The zero-order chi connectivity index (χ0) is 17.0. The molecule has 8 heteroatoms. The van der Waals surface area contributed by atoms with E-state index in [0.717, 1.165) is 16.9 Å². The topological polar surface area (TPSA) is 66.5 Å². The van der Waals surface area contributed by atoms with Crippen molar-refractivity contribution < 1.29 is 13.2 Å². The standard InChI is InChI=1S/C15H17ClN2O3S2/c1-11-5-6-13(16)10-14(11)18(12(2)19)8-7-17-23(20,21)15-4-3-9-22-15/h3-6,9-10,17H,7-8H2,1-2H3. The van der Waals surface area contributed by atoms with Gasteiger partial charge in [-0.1, -0.05) is 23.7 Å². The van der Waals surface area contributed by atoms with Gasteiger partial charge in [-0.2, -0.15) is 0 Å². The fraction of sp³-hybridized carbons (Fsp3) is 0.267. The Labute approximate surface area is 144 Å². The largest absolute Gasteiger partial charge is 0.311 e. The molecule has 0 radical (unpaired) electrons. The molecule has 1 aromatic heterocycles. The lowest BCUT2D eigenvalue weighted by Crippen LogP contribution is -2.37. The Morgan fingerprint density at radius 3 is 2.70 bits per heavy atom. The highest BCUT2D eigenvalue weighted by Crippen LogP contribution is 2.24. The molecule has 0 bridgehead atoms. The maximum absolute atomic E-state index is 12.1. The van der Waals surface area contributed by atoms with Crippen molar-refractivity contribution in [2.75, 3.05) is 18.0 Å². The Bertz CT molecular complexity index is 789. The molecule has 2 aromatic rings. The summed E-state index contributed by atoms with van der Waals surface area (Å²) in [6.45, 7) is 3.65. The van der Waals surface area contributed by atoms with Crippen LogP contribution in [0.3, 0.4) is 0 Å². The van der Waals surface area contributed by atoms with Gasteiger partial charge < -0.3 is 4.90 Å². The Morgan fingerprint density at radius 2 is 2.09 bits per heavy atom. The molecular weight excluding hydrogens is 356 g/mol. The summed E-state index contributed by atoms with van der Waals surface area (Å²) in [4.78, 5) is 13.4. The van der Waals surface area contributed by atoms with E-state index in [9.17, 15) is 13.2 Å². The molecule has 0 aliphatic carbocycles. The van der Waals surface area contributed by atoms with Gasteiger partial charge in [0.05, 0.1) is 0 Å². The highest BCUT2D eigenvalue weighted by atomic mass is 35.5. The average molecular weight is 373 g/mol. The van der Waals surface area contributed by atoms with Gasteiger partial charge in [0, 0.05) is 30.7 Å². The summed E-state index contributed by atoms with van der Waals surface area (Å²) in [5, 5.41) is 2.22. The van der Waals surface area contributed by atoms with Gasteiger partial charge >= 0.3 is 0 Å². The van der Waals surface area contributed by atoms with E-state index in [0.29, 0.717) is 10.7 Å². The zero-order valence-corrected chi connectivity index (χ0v) is 15.1. The molecule has 0 fully saturated rings. The first-order valence-corrected chi connectivity index (χ1v) is 9.63. The lowest BCUT2D eigenvalue weighted by Gasteiger charge is -2.23. The van der Waals surface area contributed by atoms with E-state index in [4.69, 9.17) is 11.6 Å². The molecule has 1 heterocycles. The van der Waals surface area contributed by atoms with Gasteiger partial charge in [0.1, 0.15) is 4.21 Å². The monoisotopic (exact) mass is 372 g/mol. The normalized spacial score (nSPS) is 11.4. The van der Waals surface area contributed by atoms with Gasteiger partial charge in [0.15, 0.2) is 0 Å². The van der Waals surface area contributed by atoms with Crippen LogP contribution in [0.1, 0.15) is 12.5 Å². The molecule has 124 valence electrons. The fourth-order valence-electron chi connectivity index (χ4n) is 2.10. The number of nitrogens with zero attached hydrogens (tertiary/aromatic N) is 1. The highest BCUT2D eigenvalue weighted by molar-refractivity contribution is 7.91. The van der Waals surface area contributed by atoms with E-state index >= 15 is 0 Å². The number of hydrogen-bond acceptors (Lipinski definition) is 4. The van der Waals surface area contributed by atoms with Crippen molar-refractivity contribution in [3.8, 4) is 0 Å². The fourth-order valence-corrected chi connectivity index (χ4v) is 4.33. The third-order valence-electron chi connectivity index (χ3n) is 3.23. The van der Waals surface area contributed by atoms with Gasteiger partial charge in [-0.25, -0.2) is 13.1 Å². The first-order valence-electron chi connectivity index (χ1n) is 6.88. The number of sulfonamides is 1. The second-order valence-electron chi connectivity index (χ2n) is 4.93. The summed E-state index contributed by atoms with van der Waals surface area (Å²) >= 11 is 7.14. The molecule has 0 atom stereocenters. The van der Waals surface area contributed by atoms with Gasteiger partial charge in [-0.3, -0.25) is 4.79 Å². The molecule has 0 aliphatic rings. The van der Waals surface area contributed by atoms with Crippen LogP contribution in [0.15, 0.2) is 39.9 Å². The Morgan fingerprint density at radius 1 is 1.35 bits per heavy atom. The molecule has 0 saturated heterocycles. The van der Waals surface area contributed by atoms with Gasteiger partial charge in [0.25, 0.3) is 0 Å². The van der Waals surface area contributed by atoms with Gasteiger partial charge in [0.2, 0.25) is 15.9 Å². The molecule has 1 amide bonds. The summed E-state index contributed by atoms with van der Waals surface area (Å²) in [7, 11) is -3.53. The Kier molecular flexibility index (Phi) is 5.80. The molecule has 0 saturated carbocycles. The lowest BCUT2D eigenvalue weighted by molar-refractivity contribution is -0.116. The number of halogens is 1. The summed E-state index contributed by atoms with van der Waals surface area (Å²) < 4.78 is 26.9. The molecule has 0 spiro atoms. The van der Waals surface area contributed by atoms with E-state index in [2.05, 4.69) is 4.72 Å². The van der Waals surface area contributed by atoms with Crippen molar-refractivity contribution in [3.63, 3.8) is 0 Å². The number of aryl methyl sites for hydroxylation is 1. The number of anilines is 1. The molecule has 2 rings (SSSR count). The van der Waals surface area contributed by atoms with Crippen molar-refractivity contribution >= 4 is 44.6 Å². The minimum absolute atomic E-state index is 0.117. The van der Waals surface area contributed by atoms with Crippen molar-refractivity contribution in [3.05, 3.63) is 46.3 Å². The first kappa shape index (κ1) is 17.9. The van der Waals surface area contributed by atoms with Crippen LogP contribution in [0.25, 0.3) is 0 Å². The van der Waals surface area contributed by atoms with Gasteiger partial charge in [-0.15, -0.1) is 11.3 Å². The molecule has 0 aliphatic heterocycles. The second-order valence-corrected chi connectivity index (χ2v) is 8.31. The van der Waals surface area contributed by atoms with Crippen molar-refractivity contribution in [2.24, 2.45) is 0 Å². The van der Waals surface area contributed by atoms with E-state index in [1.807, 2.05) is 13.0 Å². The highest BCUT2D eigenvalue weighted by Gasteiger charge is 2.18. The maximum Gasteiger partial charge on any atom is 0.250 e. The quantitative estimate of drug-likeness (QED) is 0.847. The third-order valence-corrected chi connectivity index (χ3v) is 6.32. The van der Waals surface area contributed by atoms with Crippen LogP contribution in [0, 0.1) is 6.92 Å². The number of nitrogens with one attached hydrogen (secondary N) is 1. The second kappa shape index (κ2) is 7.44. The van der Waals surface area contributed by atoms with Gasteiger partial charge in [-0.05, 0) is 36.1 Å². The Balaban J connectivity index is 2.10. The van der Waals surface area contributed by atoms with Crippen LogP contribution in [0.2, 0.25) is 5.02 Å². The van der Waals surface area contributed by atoms with Crippen LogP contribution in [0.5, 0.6) is 0 Å². The summed E-state index contributed by atoms with van der Waals surface area (Å²) in [5.41, 5.74) is 1.58. The van der Waals surface area contributed by atoms with E-state index in [-0.39, 0.29) is 23.2 Å². The smallest absolute Gasteiger partial charge is 0.250 e.